The van der Waals surface area contributed by atoms with Gasteiger partial charge in [-0.15, -0.1) is 0 Å². The molecule has 0 amide bonds. The van der Waals surface area contributed by atoms with E-state index in [1.807, 2.05) is 0 Å². The second-order valence-electron chi connectivity index (χ2n) is 5.84. The van der Waals surface area contributed by atoms with Crippen molar-refractivity contribution in [2.24, 2.45) is 11.3 Å². The quantitative estimate of drug-likeness (QED) is 0.569. The van der Waals surface area contributed by atoms with Gasteiger partial charge in [0.1, 0.15) is 0 Å². The SMILES string of the molecule is CCCCCCC1(CNCC(C)C)CC1. The summed E-state index contributed by atoms with van der Waals surface area (Å²) in [5.74, 6) is 0.792. The highest BCUT2D eigenvalue weighted by Gasteiger charge is 2.40. The zero-order chi connectivity index (χ0) is 11.1. The minimum Gasteiger partial charge on any atom is -0.316 e. The number of rotatable bonds is 9. The van der Waals surface area contributed by atoms with E-state index in [0.29, 0.717) is 0 Å². The van der Waals surface area contributed by atoms with E-state index in [2.05, 4.69) is 26.1 Å². The molecule has 1 fully saturated rings. The Morgan fingerprint density at radius 1 is 1.13 bits per heavy atom. The first-order valence-electron chi connectivity index (χ1n) is 6.89. The van der Waals surface area contributed by atoms with Gasteiger partial charge in [-0.25, -0.2) is 0 Å². The summed E-state index contributed by atoms with van der Waals surface area (Å²) in [7, 11) is 0. The second kappa shape index (κ2) is 6.52. The maximum Gasteiger partial charge on any atom is 0.000792 e. The Bertz CT molecular complexity index is 159. The summed E-state index contributed by atoms with van der Waals surface area (Å²) >= 11 is 0. The zero-order valence-electron chi connectivity index (χ0n) is 10.9. The van der Waals surface area contributed by atoms with Gasteiger partial charge in [-0.1, -0.05) is 46.5 Å². The topological polar surface area (TPSA) is 12.0 Å². The smallest absolute Gasteiger partial charge is 0.000792 e. The Balaban J connectivity index is 2.01. The molecule has 0 atom stereocenters. The third kappa shape index (κ3) is 5.55. The highest BCUT2D eigenvalue weighted by Crippen LogP contribution is 2.49. The van der Waals surface area contributed by atoms with Crippen molar-refractivity contribution < 1.29 is 0 Å². The molecular weight excluding hydrogens is 182 g/mol. The van der Waals surface area contributed by atoms with Crippen LogP contribution in [0.15, 0.2) is 0 Å². The molecule has 1 saturated carbocycles. The lowest BCUT2D eigenvalue weighted by molar-refractivity contribution is 0.391. The maximum atomic E-state index is 3.63. The van der Waals surface area contributed by atoms with Crippen LogP contribution in [-0.4, -0.2) is 13.1 Å². The van der Waals surface area contributed by atoms with Crippen LogP contribution in [0, 0.1) is 11.3 Å². The molecule has 0 bridgehead atoms. The highest BCUT2D eigenvalue weighted by molar-refractivity contribution is 4.94. The third-order valence-electron chi connectivity index (χ3n) is 3.57. The van der Waals surface area contributed by atoms with Gasteiger partial charge in [0.05, 0.1) is 0 Å². The molecule has 0 aromatic rings. The van der Waals surface area contributed by atoms with Gasteiger partial charge < -0.3 is 5.32 Å². The lowest BCUT2D eigenvalue weighted by Crippen LogP contribution is -2.27. The van der Waals surface area contributed by atoms with Crippen LogP contribution in [0.2, 0.25) is 0 Å². The summed E-state index contributed by atoms with van der Waals surface area (Å²) in [6.07, 6.45) is 10.1. The Morgan fingerprint density at radius 3 is 2.40 bits per heavy atom. The maximum absolute atomic E-state index is 3.63. The predicted octanol–water partition coefficient (Wildman–Crippen LogP) is 3.98. The molecule has 90 valence electrons. The predicted molar refractivity (Wildman–Crippen MR) is 68.1 cm³/mol. The van der Waals surface area contributed by atoms with Crippen LogP contribution in [0.1, 0.15) is 65.7 Å². The molecule has 1 heteroatoms. The van der Waals surface area contributed by atoms with Crippen LogP contribution in [0.4, 0.5) is 0 Å². The first kappa shape index (κ1) is 13.0. The molecule has 0 aliphatic heterocycles. The molecule has 1 aliphatic rings. The van der Waals surface area contributed by atoms with Gasteiger partial charge >= 0.3 is 0 Å². The van der Waals surface area contributed by atoms with Gasteiger partial charge in [-0.05, 0) is 37.1 Å². The van der Waals surface area contributed by atoms with Gasteiger partial charge in [-0.3, -0.25) is 0 Å². The van der Waals surface area contributed by atoms with E-state index in [1.54, 1.807) is 0 Å². The van der Waals surface area contributed by atoms with Crippen molar-refractivity contribution in [1.29, 1.82) is 0 Å². The molecule has 0 aromatic heterocycles. The summed E-state index contributed by atoms with van der Waals surface area (Å²) in [6, 6.07) is 0. The van der Waals surface area contributed by atoms with Crippen molar-refractivity contribution in [3.8, 4) is 0 Å². The van der Waals surface area contributed by atoms with Gasteiger partial charge in [0.2, 0.25) is 0 Å². The molecule has 1 N–H and O–H groups in total. The lowest BCUT2D eigenvalue weighted by atomic mass is 9.97. The molecule has 0 spiro atoms. The average molecular weight is 211 g/mol. The average Bonchev–Trinajstić information content (AvgIpc) is 2.93. The molecule has 1 rings (SSSR count). The van der Waals surface area contributed by atoms with Crippen LogP contribution in [-0.2, 0) is 0 Å². The summed E-state index contributed by atoms with van der Waals surface area (Å²) < 4.78 is 0. The number of hydrogen-bond donors (Lipinski definition) is 1. The van der Waals surface area contributed by atoms with Crippen molar-refractivity contribution in [3.05, 3.63) is 0 Å². The van der Waals surface area contributed by atoms with E-state index in [9.17, 15) is 0 Å². The van der Waals surface area contributed by atoms with E-state index >= 15 is 0 Å². The van der Waals surface area contributed by atoms with E-state index in [0.717, 1.165) is 11.3 Å². The standard InChI is InChI=1S/C14H29N/c1-4-5-6-7-8-14(9-10-14)12-15-11-13(2)3/h13,15H,4-12H2,1-3H3. The van der Waals surface area contributed by atoms with Crippen LogP contribution >= 0.6 is 0 Å². The minimum atomic E-state index is 0.725. The van der Waals surface area contributed by atoms with Gasteiger partial charge in [0.25, 0.3) is 0 Å². The van der Waals surface area contributed by atoms with Gasteiger partial charge in [0.15, 0.2) is 0 Å². The first-order valence-corrected chi connectivity index (χ1v) is 6.89. The Hall–Kier alpha value is -0.0400. The van der Waals surface area contributed by atoms with E-state index in [-0.39, 0.29) is 0 Å². The van der Waals surface area contributed by atoms with Crippen LogP contribution < -0.4 is 5.32 Å². The summed E-state index contributed by atoms with van der Waals surface area (Å²) in [4.78, 5) is 0. The normalized spacial score (nSPS) is 18.4. The largest absolute Gasteiger partial charge is 0.316 e. The highest BCUT2D eigenvalue weighted by atomic mass is 14.9. The number of hydrogen-bond acceptors (Lipinski definition) is 1. The second-order valence-corrected chi connectivity index (χ2v) is 5.84. The Kier molecular flexibility index (Phi) is 5.66. The molecule has 1 aliphatic carbocycles. The van der Waals surface area contributed by atoms with Crippen molar-refractivity contribution >= 4 is 0 Å². The monoisotopic (exact) mass is 211 g/mol. The van der Waals surface area contributed by atoms with Crippen LogP contribution in [0.5, 0.6) is 0 Å². The first-order chi connectivity index (χ1) is 7.18. The van der Waals surface area contributed by atoms with Crippen molar-refractivity contribution in [1.82, 2.24) is 5.32 Å². The molecule has 0 unspecified atom stereocenters. The number of nitrogens with one attached hydrogen (secondary N) is 1. The van der Waals surface area contributed by atoms with Gasteiger partial charge in [-0.2, -0.15) is 0 Å². The van der Waals surface area contributed by atoms with Gasteiger partial charge in [0, 0.05) is 6.54 Å². The third-order valence-corrected chi connectivity index (χ3v) is 3.57. The number of unbranched alkanes of at least 4 members (excludes halogenated alkanes) is 3. The fourth-order valence-corrected chi connectivity index (χ4v) is 2.24. The summed E-state index contributed by atoms with van der Waals surface area (Å²) in [5.41, 5.74) is 0.725. The molecule has 0 aromatic carbocycles. The molecular formula is C14H29N. The lowest BCUT2D eigenvalue weighted by Gasteiger charge is -2.16. The molecule has 0 radical (unpaired) electrons. The van der Waals surface area contributed by atoms with Crippen LogP contribution in [0.3, 0.4) is 0 Å². The summed E-state index contributed by atoms with van der Waals surface area (Å²) in [6.45, 7) is 9.33. The zero-order valence-corrected chi connectivity index (χ0v) is 10.9. The van der Waals surface area contributed by atoms with E-state index in [4.69, 9.17) is 0 Å². The van der Waals surface area contributed by atoms with E-state index in [1.165, 1.54) is 58.0 Å². The molecule has 15 heavy (non-hydrogen) atoms. The molecule has 0 heterocycles. The molecule has 1 nitrogen and oxygen atoms in total. The fourth-order valence-electron chi connectivity index (χ4n) is 2.24. The fraction of sp³-hybridized carbons (Fsp3) is 1.00. The van der Waals surface area contributed by atoms with Crippen molar-refractivity contribution in [2.75, 3.05) is 13.1 Å². The minimum absolute atomic E-state index is 0.725. The van der Waals surface area contributed by atoms with Crippen molar-refractivity contribution in [3.63, 3.8) is 0 Å². The van der Waals surface area contributed by atoms with Crippen molar-refractivity contribution in [2.45, 2.75) is 65.7 Å². The summed E-state index contributed by atoms with van der Waals surface area (Å²) in [5, 5.41) is 3.63. The van der Waals surface area contributed by atoms with E-state index < -0.39 is 0 Å². The molecule has 0 saturated heterocycles. The van der Waals surface area contributed by atoms with Crippen LogP contribution in [0.25, 0.3) is 0 Å². The Morgan fingerprint density at radius 2 is 1.87 bits per heavy atom. The Labute approximate surface area is 96.0 Å².